The van der Waals surface area contributed by atoms with Gasteiger partial charge < -0.3 is 14.0 Å². The minimum Gasteiger partial charge on any atom is -0.493 e. The minimum absolute atomic E-state index is 0.313. The van der Waals surface area contributed by atoms with Gasteiger partial charge in [-0.05, 0) is 25.5 Å². The summed E-state index contributed by atoms with van der Waals surface area (Å²) in [5.41, 5.74) is 0.893. The number of hydrogen-bond acceptors (Lipinski definition) is 5. The smallest absolute Gasteiger partial charge is 0.161 e. The molecule has 2 rings (SSSR count). The Hall–Kier alpha value is -1.89. The number of benzene rings is 1. The molecule has 0 spiro atoms. The molecule has 1 atom stereocenters. The monoisotopic (exact) mass is 309 g/mol. The van der Waals surface area contributed by atoms with Crippen LogP contribution in [0.1, 0.15) is 17.2 Å². The molecule has 0 bridgehead atoms. The number of hydrogen-bond donors (Lipinski definition) is 0. The van der Waals surface area contributed by atoms with Crippen molar-refractivity contribution in [3.8, 4) is 11.5 Å². The van der Waals surface area contributed by atoms with Gasteiger partial charge in [-0.1, -0.05) is 0 Å². The third kappa shape index (κ3) is 3.07. The molecule has 0 saturated carbocycles. The van der Waals surface area contributed by atoms with Gasteiger partial charge in [0.25, 0.3) is 0 Å². The summed E-state index contributed by atoms with van der Waals surface area (Å²) in [6, 6.07) is 3.58. The highest BCUT2D eigenvalue weighted by atomic mass is 32.2. The van der Waals surface area contributed by atoms with Crippen molar-refractivity contribution in [1.29, 1.82) is 0 Å². The van der Waals surface area contributed by atoms with Crippen molar-refractivity contribution in [2.75, 3.05) is 14.2 Å². The second-order valence-corrected chi connectivity index (χ2v) is 6.10. The molecule has 0 saturated heterocycles. The van der Waals surface area contributed by atoms with Crippen LogP contribution < -0.4 is 9.47 Å². The van der Waals surface area contributed by atoms with E-state index in [-0.39, 0.29) is 0 Å². The van der Waals surface area contributed by atoms with E-state index in [0.29, 0.717) is 28.0 Å². The Kier molecular flexibility index (Phi) is 4.62. The Morgan fingerprint density at radius 2 is 1.76 bits per heavy atom. The molecule has 1 heterocycles. The van der Waals surface area contributed by atoms with E-state index in [2.05, 4.69) is 10.2 Å². The lowest BCUT2D eigenvalue weighted by atomic mass is 10.2. The lowest BCUT2D eigenvalue weighted by Gasteiger charge is -2.12. The standard InChI is InChI=1S/C14H19N3O3S/c1-9-6-11(19-4)12(20-5)7-13(9)21(18)8-14-16-15-10(2)17(14)3/h6-7H,8H2,1-5H3. The zero-order valence-electron chi connectivity index (χ0n) is 12.8. The third-order valence-corrected chi connectivity index (χ3v) is 4.82. The molecule has 0 N–H and O–H groups in total. The summed E-state index contributed by atoms with van der Waals surface area (Å²) in [6.45, 7) is 3.76. The Morgan fingerprint density at radius 1 is 1.14 bits per heavy atom. The molecule has 0 aliphatic heterocycles. The highest BCUT2D eigenvalue weighted by molar-refractivity contribution is 7.84. The molecule has 0 aliphatic carbocycles. The van der Waals surface area contributed by atoms with Crippen LogP contribution in [0.4, 0.5) is 0 Å². The van der Waals surface area contributed by atoms with E-state index in [1.165, 1.54) is 0 Å². The van der Waals surface area contributed by atoms with E-state index in [9.17, 15) is 4.21 Å². The van der Waals surface area contributed by atoms with Crippen LogP contribution >= 0.6 is 0 Å². The van der Waals surface area contributed by atoms with Gasteiger partial charge in [0.1, 0.15) is 11.6 Å². The van der Waals surface area contributed by atoms with Crippen LogP contribution in [-0.4, -0.2) is 33.2 Å². The predicted octanol–water partition coefficient (Wildman–Crippen LogP) is 1.76. The molecular weight excluding hydrogens is 290 g/mol. The number of aromatic nitrogens is 3. The molecule has 1 unspecified atom stereocenters. The molecule has 21 heavy (non-hydrogen) atoms. The number of nitrogens with zero attached hydrogens (tertiary/aromatic N) is 3. The van der Waals surface area contributed by atoms with Gasteiger partial charge in [0.05, 0.1) is 30.8 Å². The van der Waals surface area contributed by atoms with Gasteiger partial charge in [-0.3, -0.25) is 4.21 Å². The summed E-state index contributed by atoms with van der Waals surface area (Å²) >= 11 is 0. The lowest BCUT2D eigenvalue weighted by Crippen LogP contribution is -2.06. The lowest BCUT2D eigenvalue weighted by molar-refractivity contribution is 0.353. The van der Waals surface area contributed by atoms with E-state index >= 15 is 0 Å². The van der Waals surface area contributed by atoms with E-state index < -0.39 is 10.8 Å². The van der Waals surface area contributed by atoms with Crippen LogP contribution in [0.5, 0.6) is 11.5 Å². The van der Waals surface area contributed by atoms with Gasteiger partial charge in [-0.25, -0.2) is 0 Å². The van der Waals surface area contributed by atoms with Gasteiger partial charge >= 0.3 is 0 Å². The van der Waals surface area contributed by atoms with Crippen LogP contribution in [0.3, 0.4) is 0 Å². The maximum atomic E-state index is 12.6. The summed E-state index contributed by atoms with van der Waals surface area (Å²) in [7, 11) is 3.78. The highest BCUT2D eigenvalue weighted by Crippen LogP contribution is 2.32. The predicted molar refractivity (Wildman–Crippen MR) is 80.1 cm³/mol. The van der Waals surface area contributed by atoms with E-state index in [1.54, 1.807) is 20.3 Å². The van der Waals surface area contributed by atoms with Crippen LogP contribution in [0.25, 0.3) is 0 Å². The molecule has 6 nitrogen and oxygen atoms in total. The maximum absolute atomic E-state index is 12.6. The van der Waals surface area contributed by atoms with Gasteiger partial charge in [0.2, 0.25) is 0 Å². The maximum Gasteiger partial charge on any atom is 0.161 e. The minimum atomic E-state index is -1.22. The topological polar surface area (TPSA) is 66.2 Å². The first kappa shape index (κ1) is 15.5. The normalized spacial score (nSPS) is 12.2. The Labute approximate surface area is 126 Å². The molecule has 114 valence electrons. The van der Waals surface area contributed by atoms with Gasteiger partial charge in [0.15, 0.2) is 11.5 Å². The van der Waals surface area contributed by atoms with Crippen molar-refractivity contribution in [3.63, 3.8) is 0 Å². The number of methoxy groups -OCH3 is 2. The largest absolute Gasteiger partial charge is 0.493 e. The molecule has 2 aromatic rings. The van der Waals surface area contributed by atoms with Crippen LogP contribution in [0.15, 0.2) is 17.0 Å². The summed E-state index contributed by atoms with van der Waals surface area (Å²) in [6.07, 6.45) is 0. The van der Waals surface area contributed by atoms with Crippen molar-refractivity contribution >= 4 is 10.8 Å². The van der Waals surface area contributed by atoms with Gasteiger partial charge in [-0.15, -0.1) is 10.2 Å². The summed E-state index contributed by atoms with van der Waals surface area (Å²) in [4.78, 5) is 0.716. The quantitative estimate of drug-likeness (QED) is 0.842. The van der Waals surface area contributed by atoms with Gasteiger partial charge in [-0.2, -0.15) is 0 Å². The highest BCUT2D eigenvalue weighted by Gasteiger charge is 2.16. The van der Waals surface area contributed by atoms with Gasteiger partial charge in [0, 0.05) is 18.0 Å². The van der Waals surface area contributed by atoms with E-state index in [1.807, 2.05) is 31.5 Å². The summed E-state index contributed by atoms with van der Waals surface area (Å²) in [5.74, 6) is 3.00. The zero-order chi connectivity index (χ0) is 15.6. The zero-order valence-corrected chi connectivity index (χ0v) is 13.7. The Bertz CT molecular complexity index is 682. The van der Waals surface area contributed by atoms with Crippen molar-refractivity contribution in [3.05, 3.63) is 29.3 Å². The third-order valence-electron chi connectivity index (χ3n) is 3.37. The molecular formula is C14H19N3O3S. The molecule has 7 heteroatoms. The van der Waals surface area contributed by atoms with E-state index in [0.717, 1.165) is 11.4 Å². The number of rotatable bonds is 5. The fourth-order valence-electron chi connectivity index (χ4n) is 1.98. The first-order valence-electron chi connectivity index (χ1n) is 6.43. The summed E-state index contributed by atoms with van der Waals surface area (Å²) in [5, 5.41) is 8.03. The van der Waals surface area contributed by atoms with Crippen molar-refractivity contribution in [1.82, 2.24) is 14.8 Å². The molecule has 1 aromatic carbocycles. The Balaban J connectivity index is 2.33. The average molecular weight is 309 g/mol. The first-order valence-corrected chi connectivity index (χ1v) is 7.75. The molecule has 0 aliphatic rings. The second-order valence-electron chi connectivity index (χ2n) is 4.69. The van der Waals surface area contributed by atoms with Crippen LogP contribution in [-0.2, 0) is 23.6 Å². The summed E-state index contributed by atoms with van der Waals surface area (Å²) < 4.78 is 24.9. The van der Waals surface area contributed by atoms with Crippen molar-refractivity contribution in [2.45, 2.75) is 24.5 Å². The fourth-order valence-corrected chi connectivity index (χ4v) is 3.28. The molecule has 0 radical (unpaired) electrons. The molecule has 0 fully saturated rings. The SMILES string of the molecule is COc1cc(C)c(S(=O)Cc2nnc(C)n2C)cc1OC. The second kappa shape index (κ2) is 6.26. The Morgan fingerprint density at radius 3 is 2.29 bits per heavy atom. The van der Waals surface area contributed by atoms with Crippen molar-refractivity contribution < 1.29 is 13.7 Å². The van der Waals surface area contributed by atoms with Crippen LogP contribution in [0, 0.1) is 13.8 Å². The first-order chi connectivity index (χ1) is 9.97. The fraction of sp³-hybridized carbons (Fsp3) is 0.429. The van der Waals surface area contributed by atoms with Crippen molar-refractivity contribution in [2.24, 2.45) is 7.05 Å². The van der Waals surface area contributed by atoms with E-state index in [4.69, 9.17) is 9.47 Å². The molecule has 1 aromatic heterocycles. The van der Waals surface area contributed by atoms with Crippen LogP contribution in [0.2, 0.25) is 0 Å². The number of aryl methyl sites for hydroxylation is 2. The molecule has 0 amide bonds. The average Bonchev–Trinajstić information content (AvgIpc) is 2.78. The number of ether oxygens (including phenoxy) is 2.